The molecule has 9 heteroatoms. The predicted octanol–water partition coefficient (Wildman–Crippen LogP) is 3.30. The van der Waals surface area contributed by atoms with Gasteiger partial charge in [-0.2, -0.15) is 0 Å². The average molecular weight is 465 g/mol. The number of nitrogens with zero attached hydrogens (tertiary/aromatic N) is 3. The molecule has 0 atom stereocenters. The molecule has 2 aromatic heterocycles. The van der Waals surface area contributed by atoms with Crippen LogP contribution in [0.4, 0.5) is 5.69 Å². The molecule has 0 radical (unpaired) electrons. The predicted molar refractivity (Wildman–Crippen MR) is 127 cm³/mol. The van der Waals surface area contributed by atoms with Gasteiger partial charge in [-0.05, 0) is 42.8 Å². The quantitative estimate of drug-likeness (QED) is 0.453. The van der Waals surface area contributed by atoms with Crippen molar-refractivity contribution in [2.24, 2.45) is 0 Å². The smallest absolute Gasteiger partial charge is 0.333 e. The molecule has 8 nitrogen and oxygen atoms in total. The zero-order valence-corrected chi connectivity index (χ0v) is 18.6. The highest BCUT2D eigenvalue weighted by Crippen LogP contribution is 2.23. The second-order valence-corrected chi connectivity index (χ2v) is 7.61. The van der Waals surface area contributed by atoms with E-state index in [1.807, 2.05) is 6.92 Å². The van der Waals surface area contributed by atoms with Gasteiger partial charge in [0, 0.05) is 11.2 Å². The van der Waals surface area contributed by atoms with Crippen LogP contribution in [0, 0.1) is 0 Å². The number of carbonyl (C=O) groups is 1. The molecule has 0 aliphatic carbocycles. The van der Waals surface area contributed by atoms with Crippen molar-refractivity contribution in [1.29, 1.82) is 0 Å². The number of nitrogens with one attached hydrogen (secondary N) is 1. The minimum atomic E-state index is -0.653. The number of pyridine rings is 1. The van der Waals surface area contributed by atoms with Crippen molar-refractivity contribution < 1.29 is 9.53 Å². The molecule has 0 saturated carbocycles. The van der Waals surface area contributed by atoms with Crippen molar-refractivity contribution in [3.05, 3.63) is 98.3 Å². The number of halogens is 1. The summed E-state index contributed by atoms with van der Waals surface area (Å²) in [6.45, 7) is 1.92. The van der Waals surface area contributed by atoms with Crippen LogP contribution < -0.4 is 21.3 Å². The maximum absolute atomic E-state index is 13.3. The molecule has 0 unspecified atom stereocenters. The van der Waals surface area contributed by atoms with Crippen LogP contribution in [0.25, 0.3) is 11.0 Å². The van der Waals surface area contributed by atoms with Gasteiger partial charge in [0.15, 0.2) is 0 Å². The summed E-state index contributed by atoms with van der Waals surface area (Å²) < 4.78 is 7.79. The van der Waals surface area contributed by atoms with E-state index in [1.54, 1.807) is 60.7 Å². The van der Waals surface area contributed by atoms with Crippen LogP contribution in [-0.4, -0.2) is 26.6 Å². The topological polar surface area (TPSA) is 95.2 Å². The number of para-hydroxylation sites is 2. The molecule has 1 N–H and O–H groups in total. The normalized spacial score (nSPS) is 10.8. The molecule has 2 aromatic carbocycles. The van der Waals surface area contributed by atoms with Crippen molar-refractivity contribution >= 4 is 34.2 Å². The summed E-state index contributed by atoms with van der Waals surface area (Å²) in [5.41, 5.74) is 0.0826. The minimum Gasteiger partial charge on any atom is -0.492 e. The zero-order valence-electron chi connectivity index (χ0n) is 17.8. The summed E-state index contributed by atoms with van der Waals surface area (Å²) in [6, 6.07) is 17.2. The van der Waals surface area contributed by atoms with E-state index in [0.717, 1.165) is 4.57 Å². The van der Waals surface area contributed by atoms with Gasteiger partial charge in [-0.25, -0.2) is 9.78 Å². The lowest BCUT2D eigenvalue weighted by Crippen LogP contribution is -2.42. The SMILES string of the molecule is CCOc1ccccc1NC(=O)Cn1c(=O)n(Cc2ccccc2Cl)c(=O)c2cccnc21. The summed E-state index contributed by atoms with van der Waals surface area (Å²) in [6.07, 6.45) is 1.47. The molecule has 168 valence electrons. The molecule has 0 aliphatic heterocycles. The number of ether oxygens (including phenoxy) is 1. The lowest BCUT2D eigenvalue weighted by atomic mass is 10.2. The zero-order chi connectivity index (χ0) is 23.4. The number of amides is 1. The Morgan fingerprint density at radius 2 is 1.79 bits per heavy atom. The van der Waals surface area contributed by atoms with Gasteiger partial charge in [0.2, 0.25) is 5.91 Å². The van der Waals surface area contributed by atoms with Crippen LogP contribution in [0.2, 0.25) is 5.02 Å². The highest BCUT2D eigenvalue weighted by atomic mass is 35.5. The number of hydrogen-bond donors (Lipinski definition) is 1. The Balaban J connectivity index is 1.75. The molecule has 0 saturated heterocycles. The largest absolute Gasteiger partial charge is 0.492 e. The Morgan fingerprint density at radius 1 is 1.03 bits per heavy atom. The number of carbonyl (C=O) groups excluding carboxylic acids is 1. The van der Waals surface area contributed by atoms with E-state index in [2.05, 4.69) is 10.3 Å². The van der Waals surface area contributed by atoms with Crippen LogP contribution >= 0.6 is 11.6 Å². The first-order chi connectivity index (χ1) is 16.0. The number of hydrogen-bond acceptors (Lipinski definition) is 5. The molecule has 2 heterocycles. The van der Waals surface area contributed by atoms with Crippen molar-refractivity contribution in [3.8, 4) is 5.75 Å². The van der Waals surface area contributed by atoms with Crippen molar-refractivity contribution in [1.82, 2.24) is 14.1 Å². The third-order valence-corrected chi connectivity index (χ3v) is 5.40. The fraction of sp³-hybridized carbons (Fsp3) is 0.167. The number of rotatable bonds is 7. The molecular weight excluding hydrogens is 444 g/mol. The highest BCUT2D eigenvalue weighted by molar-refractivity contribution is 6.31. The van der Waals surface area contributed by atoms with Gasteiger partial charge in [-0.15, -0.1) is 0 Å². The minimum absolute atomic E-state index is 0.0308. The van der Waals surface area contributed by atoms with Crippen molar-refractivity contribution in [2.75, 3.05) is 11.9 Å². The molecule has 0 bridgehead atoms. The Morgan fingerprint density at radius 3 is 2.58 bits per heavy atom. The Hall–Kier alpha value is -3.91. The van der Waals surface area contributed by atoms with Crippen LogP contribution in [0.1, 0.15) is 12.5 Å². The molecule has 1 amide bonds. The number of fused-ring (bicyclic) bond motifs is 1. The molecule has 4 aromatic rings. The monoisotopic (exact) mass is 464 g/mol. The molecular formula is C24H21ClN4O4. The number of anilines is 1. The summed E-state index contributed by atoms with van der Waals surface area (Å²) >= 11 is 6.24. The third-order valence-electron chi connectivity index (χ3n) is 5.03. The van der Waals surface area contributed by atoms with Gasteiger partial charge in [0.1, 0.15) is 17.9 Å². The molecule has 0 aliphatic rings. The maximum Gasteiger partial charge on any atom is 0.333 e. The van der Waals surface area contributed by atoms with E-state index >= 15 is 0 Å². The highest BCUT2D eigenvalue weighted by Gasteiger charge is 2.18. The van der Waals surface area contributed by atoms with Crippen LogP contribution in [0.3, 0.4) is 0 Å². The Kier molecular flexibility index (Phi) is 6.55. The van der Waals surface area contributed by atoms with Crippen LogP contribution in [-0.2, 0) is 17.9 Å². The first-order valence-corrected chi connectivity index (χ1v) is 10.7. The number of aromatic nitrogens is 3. The van der Waals surface area contributed by atoms with Gasteiger partial charge in [-0.3, -0.25) is 18.7 Å². The summed E-state index contributed by atoms with van der Waals surface area (Å²) in [5, 5.41) is 3.43. The van der Waals surface area contributed by atoms with E-state index in [-0.39, 0.29) is 24.1 Å². The van der Waals surface area contributed by atoms with E-state index in [1.165, 1.54) is 10.8 Å². The van der Waals surface area contributed by atoms with E-state index < -0.39 is 17.2 Å². The summed E-state index contributed by atoms with van der Waals surface area (Å²) in [7, 11) is 0. The molecule has 0 fully saturated rings. The second kappa shape index (κ2) is 9.70. The van der Waals surface area contributed by atoms with Crippen molar-refractivity contribution in [2.45, 2.75) is 20.0 Å². The first-order valence-electron chi connectivity index (χ1n) is 10.3. The lowest BCUT2D eigenvalue weighted by molar-refractivity contribution is -0.116. The maximum atomic E-state index is 13.3. The Bertz CT molecular complexity index is 1440. The fourth-order valence-electron chi connectivity index (χ4n) is 3.51. The summed E-state index contributed by atoms with van der Waals surface area (Å²) in [5.74, 6) is 0.0616. The van der Waals surface area contributed by atoms with Crippen LogP contribution in [0.5, 0.6) is 5.75 Å². The van der Waals surface area contributed by atoms with E-state index in [4.69, 9.17) is 16.3 Å². The molecule has 0 spiro atoms. The van der Waals surface area contributed by atoms with E-state index in [0.29, 0.717) is 28.6 Å². The van der Waals surface area contributed by atoms with Gasteiger partial charge in [0.25, 0.3) is 5.56 Å². The van der Waals surface area contributed by atoms with Gasteiger partial charge >= 0.3 is 5.69 Å². The van der Waals surface area contributed by atoms with Crippen LogP contribution in [0.15, 0.2) is 76.4 Å². The molecule has 4 rings (SSSR count). The second-order valence-electron chi connectivity index (χ2n) is 7.20. The van der Waals surface area contributed by atoms with Gasteiger partial charge < -0.3 is 10.1 Å². The fourth-order valence-corrected chi connectivity index (χ4v) is 3.71. The Labute approximate surface area is 194 Å². The first kappa shape index (κ1) is 22.3. The standard InChI is InChI=1S/C24H21ClN4O4/c1-2-33-20-12-6-5-11-19(20)27-21(30)15-28-22-17(9-7-13-26-22)23(31)29(24(28)32)14-16-8-3-4-10-18(16)25/h3-13H,2,14-15H2,1H3,(H,27,30). The van der Waals surface area contributed by atoms with Gasteiger partial charge in [0.05, 0.1) is 24.2 Å². The van der Waals surface area contributed by atoms with E-state index in [9.17, 15) is 14.4 Å². The summed E-state index contributed by atoms with van der Waals surface area (Å²) in [4.78, 5) is 43.4. The van der Waals surface area contributed by atoms with Crippen molar-refractivity contribution in [3.63, 3.8) is 0 Å². The lowest BCUT2D eigenvalue weighted by Gasteiger charge is -2.15. The number of benzene rings is 2. The average Bonchev–Trinajstić information content (AvgIpc) is 2.82. The molecule has 33 heavy (non-hydrogen) atoms. The third kappa shape index (κ3) is 4.65. The van der Waals surface area contributed by atoms with Gasteiger partial charge in [-0.1, -0.05) is 41.9 Å².